The number of hydrogen-bond acceptors (Lipinski definition) is 5. The second kappa shape index (κ2) is 10.3. The van der Waals surface area contributed by atoms with Gasteiger partial charge in [-0.25, -0.2) is 0 Å². The summed E-state index contributed by atoms with van der Waals surface area (Å²) in [7, 11) is 0. The summed E-state index contributed by atoms with van der Waals surface area (Å²) >= 11 is 7.38. The van der Waals surface area contributed by atoms with E-state index < -0.39 is 0 Å². The molecule has 3 rings (SSSR count). The fourth-order valence-electron chi connectivity index (χ4n) is 2.66. The number of ether oxygens (including phenoxy) is 1. The minimum atomic E-state index is -0.105. The molecule has 1 amide bonds. The quantitative estimate of drug-likeness (QED) is 0.371. The van der Waals surface area contributed by atoms with Crippen LogP contribution in [0.5, 0.6) is 5.75 Å². The number of aromatic nitrogens is 3. The lowest BCUT2D eigenvalue weighted by molar-refractivity contribution is -0.113. The van der Waals surface area contributed by atoms with Crippen molar-refractivity contribution in [3.63, 3.8) is 0 Å². The van der Waals surface area contributed by atoms with Crippen molar-refractivity contribution in [3.8, 4) is 5.75 Å². The van der Waals surface area contributed by atoms with E-state index in [0.29, 0.717) is 28.3 Å². The maximum Gasteiger partial charge on any atom is 0.234 e. The number of rotatable bonds is 9. The molecule has 6 nitrogen and oxygen atoms in total. The first kappa shape index (κ1) is 21.9. The van der Waals surface area contributed by atoms with E-state index in [-0.39, 0.29) is 18.3 Å². The van der Waals surface area contributed by atoms with Crippen molar-refractivity contribution < 1.29 is 9.53 Å². The predicted molar refractivity (Wildman–Crippen MR) is 121 cm³/mol. The van der Waals surface area contributed by atoms with E-state index in [4.69, 9.17) is 16.3 Å². The lowest BCUT2D eigenvalue weighted by Gasteiger charge is -2.10. The van der Waals surface area contributed by atoms with E-state index in [1.54, 1.807) is 12.1 Å². The number of anilines is 1. The monoisotopic (exact) mass is 442 g/mol. The Labute approximate surface area is 185 Å². The molecule has 0 saturated heterocycles. The third-order valence-corrected chi connectivity index (χ3v) is 5.66. The van der Waals surface area contributed by atoms with Gasteiger partial charge in [-0.15, -0.1) is 16.8 Å². The van der Waals surface area contributed by atoms with Gasteiger partial charge in [-0.2, -0.15) is 0 Å². The maximum atomic E-state index is 12.3. The Bertz CT molecular complexity index is 1030. The molecular weight excluding hydrogens is 420 g/mol. The Balaban J connectivity index is 1.61. The second-order valence-electron chi connectivity index (χ2n) is 6.70. The van der Waals surface area contributed by atoms with Gasteiger partial charge in [-0.3, -0.25) is 9.36 Å². The topological polar surface area (TPSA) is 69.0 Å². The molecule has 0 fully saturated rings. The number of carbonyl (C=O) groups excluding carboxylic acids is 1. The molecule has 0 aliphatic heterocycles. The summed E-state index contributed by atoms with van der Waals surface area (Å²) in [6.07, 6.45) is 1.76. The molecule has 1 N–H and O–H groups in total. The van der Waals surface area contributed by atoms with Crippen molar-refractivity contribution in [1.82, 2.24) is 14.8 Å². The van der Waals surface area contributed by atoms with Gasteiger partial charge in [0.1, 0.15) is 12.4 Å². The van der Waals surface area contributed by atoms with Gasteiger partial charge in [0.05, 0.1) is 5.75 Å². The van der Waals surface area contributed by atoms with Gasteiger partial charge < -0.3 is 10.1 Å². The number of halogens is 1. The molecule has 3 aromatic rings. The zero-order valence-corrected chi connectivity index (χ0v) is 18.5. The molecule has 0 atom stereocenters. The molecule has 0 aliphatic rings. The zero-order chi connectivity index (χ0) is 21.5. The molecule has 8 heteroatoms. The average molecular weight is 443 g/mol. The Kier molecular flexibility index (Phi) is 7.54. The molecule has 0 bridgehead atoms. The minimum absolute atomic E-state index is 0.105. The Hall–Kier alpha value is -2.77. The first-order chi connectivity index (χ1) is 14.5. The molecule has 2 aromatic carbocycles. The van der Waals surface area contributed by atoms with Crippen molar-refractivity contribution >= 4 is 35.0 Å². The highest BCUT2D eigenvalue weighted by Gasteiger charge is 2.14. The summed E-state index contributed by atoms with van der Waals surface area (Å²) in [6.45, 7) is 8.49. The second-order valence-corrected chi connectivity index (χ2v) is 8.05. The molecule has 1 heterocycles. The molecule has 0 saturated carbocycles. The Morgan fingerprint density at radius 3 is 2.70 bits per heavy atom. The Morgan fingerprint density at radius 2 is 2.00 bits per heavy atom. The van der Waals surface area contributed by atoms with Crippen LogP contribution in [0.15, 0.2) is 60.3 Å². The van der Waals surface area contributed by atoms with Crippen LogP contribution < -0.4 is 10.1 Å². The van der Waals surface area contributed by atoms with Gasteiger partial charge in [0, 0.05) is 17.3 Å². The minimum Gasteiger partial charge on any atom is -0.486 e. The van der Waals surface area contributed by atoms with Crippen LogP contribution in [0.3, 0.4) is 0 Å². The highest BCUT2D eigenvalue weighted by atomic mass is 35.5. The number of nitrogens with one attached hydrogen (secondary N) is 1. The van der Waals surface area contributed by atoms with Crippen molar-refractivity contribution in [1.29, 1.82) is 0 Å². The molecule has 0 unspecified atom stereocenters. The van der Waals surface area contributed by atoms with Gasteiger partial charge >= 0.3 is 0 Å². The zero-order valence-electron chi connectivity index (χ0n) is 16.9. The van der Waals surface area contributed by atoms with Crippen LogP contribution >= 0.6 is 23.4 Å². The molecule has 1 aromatic heterocycles. The fourth-order valence-corrected chi connectivity index (χ4v) is 3.55. The number of amides is 1. The first-order valence-electron chi connectivity index (χ1n) is 9.37. The number of carbonyl (C=O) groups is 1. The SMILES string of the molecule is C=CCn1c(COc2ccc(Cl)c(C)c2)nnc1SCC(=O)Nc1ccc(C)cc1. The van der Waals surface area contributed by atoms with Crippen LogP contribution in [0.1, 0.15) is 17.0 Å². The maximum absolute atomic E-state index is 12.3. The number of thioether (sulfide) groups is 1. The molecule has 156 valence electrons. The average Bonchev–Trinajstić information content (AvgIpc) is 3.11. The van der Waals surface area contributed by atoms with Crippen LogP contribution in [0, 0.1) is 13.8 Å². The molecule has 0 radical (unpaired) electrons. The Morgan fingerprint density at radius 1 is 1.23 bits per heavy atom. The highest BCUT2D eigenvalue weighted by Crippen LogP contribution is 2.23. The number of aryl methyl sites for hydroxylation is 2. The van der Waals surface area contributed by atoms with Crippen molar-refractivity contribution in [2.24, 2.45) is 0 Å². The lowest BCUT2D eigenvalue weighted by Crippen LogP contribution is -2.15. The van der Waals surface area contributed by atoms with Crippen LogP contribution in [0.25, 0.3) is 0 Å². The number of allylic oxidation sites excluding steroid dienone is 1. The molecule has 0 spiro atoms. The summed E-state index contributed by atoms with van der Waals surface area (Å²) in [4.78, 5) is 12.3. The number of benzene rings is 2. The molecule has 30 heavy (non-hydrogen) atoms. The van der Waals surface area contributed by atoms with Crippen LogP contribution in [-0.2, 0) is 17.9 Å². The van der Waals surface area contributed by atoms with E-state index in [1.165, 1.54) is 11.8 Å². The molecule has 0 aliphatic carbocycles. The standard InChI is InChI=1S/C22H23ClN4O2S/c1-4-11-27-20(13-29-18-9-10-19(23)16(3)12-18)25-26-22(27)30-14-21(28)24-17-7-5-15(2)6-8-17/h4-10,12H,1,11,13-14H2,2-3H3,(H,24,28). The predicted octanol–water partition coefficient (Wildman–Crippen LogP) is 5.04. The van der Waals surface area contributed by atoms with Gasteiger partial charge in [0.15, 0.2) is 11.0 Å². The summed E-state index contributed by atoms with van der Waals surface area (Å²) in [5, 5.41) is 12.7. The van der Waals surface area contributed by atoms with Gasteiger partial charge in [0.25, 0.3) is 0 Å². The largest absolute Gasteiger partial charge is 0.486 e. The van der Waals surface area contributed by atoms with Crippen LogP contribution in [-0.4, -0.2) is 26.4 Å². The first-order valence-corrected chi connectivity index (χ1v) is 10.7. The number of hydrogen-bond donors (Lipinski definition) is 1. The van der Waals surface area contributed by atoms with Crippen LogP contribution in [0.4, 0.5) is 5.69 Å². The summed E-state index contributed by atoms with van der Waals surface area (Å²) in [5.41, 5.74) is 2.85. The van der Waals surface area contributed by atoms with Gasteiger partial charge in [-0.05, 0) is 49.7 Å². The normalized spacial score (nSPS) is 10.6. The van der Waals surface area contributed by atoms with E-state index in [2.05, 4.69) is 22.1 Å². The highest BCUT2D eigenvalue weighted by molar-refractivity contribution is 7.99. The fraction of sp³-hybridized carbons (Fsp3) is 0.227. The van der Waals surface area contributed by atoms with Gasteiger partial charge in [0.2, 0.25) is 5.91 Å². The number of nitrogens with zero attached hydrogens (tertiary/aromatic N) is 3. The lowest BCUT2D eigenvalue weighted by atomic mass is 10.2. The van der Waals surface area contributed by atoms with E-state index in [1.807, 2.05) is 54.8 Å². The van der Waals surface area contributed by atoms with E-state index in [0.717, 1.165) is 16.8 Å². The smallest absolute Gasteiger partial charge is 0.234 e. The van der Waals surface area contributed by atoms with E-state index in [9.17, 15) is 4.79 Å². The molecular formula is C22H23ClN4O2S. The van der Waals surface area contributed by atoms with Crippen LogP contribution in [0.2, 0.25) is 5.02 Å². The third kappa shape index (κ3) is 5.87. The van der Waals surface area contributed by atoms with Crippen molar-refractivity contribution in [3.05, 3.63) is 77.1 Å². The third-order valence-electron chi connectivity index (χ3n) is 4.27. The summed E-state index contributed by atoms with van der Waals surface area (Å²) in [5.74, 6) is 1.48. The van der Waals surface area contributed by atoms with E-state index >= 15 is 0 Å². The summed E-state index contributed by atoms with van der Waals surface area (Å²) in [6, 6.07) is 13.2. The van der Waals surface area contributed by atoms with Gasteiger partial charge in [-0.1, -0.05) is 47.1 Å². The van der Waals surface area contributed by atoms with Crippen molar-refractivity contribution in [2.45, 2.75) is 32.2 Å². The summed E-state index contributed by atoms with van der Waals surface area (Å²) < 4.78 is 7.73. The van der Waals surface area contributed by atoms with Crippen molar-refractivity contribution in [2.75, 3.05) is 11.1 Å².